The molecule has 0 radical (unpaired) electrons. The van der Waals surface area contributed by atoms with Crippen LogP contribution in [0.15, 0.2) is 36.4 Å². The van der Waals surface area contributed by atoms with Gasteiger partial charge in [0.05, 0.1) is 41.5 Å². The Morgan fingerprint density at radius 2 is 1.48 bits per heavy atom. The first-order valence-electron chi connectivity index (χ1n) is 9.58. The van der Waals surface area contributed by atoms with Gasteiger partial charge < -0.3 is 29.6 Å². The lowest BCUT2D eigenvalue weighted by Crippen LogP contribution is -2.38. The first-order valence-corrected chi connectivity index (χ1v) is 9.58. The summed E-state index contributed by atoms with van der Waals surface area (Å²) in [6.45, 7) is 0.359. The monoisotopic (exact) mass is 431 g/mol. The molecule has 0 spiro atoms. The summed E-state index contributed by atoms with van der Waals surface area (Å²) in [5.74, 6) is 1.84. The summed E-state index contributed by atoms with van der Waals surface area (Å²) in [5, 5.41) is 5.61. The first kappa shape index (κ1) is 23.8. The van der Waals surface area contributed by atoms with Crippen molar-refractivity contribution < 1.29 is 28.5 Å². The van der Waals surface area contributed by atoms with Gasteiger partial charge >= 0.3 is 0 Å². The largest absolute Gasteiger partial charge is 0.497 e. The average Bonchev–Trinajstić information content (AvgIpc) is 2.76. The van der Waals surface area contributed by atoms with E-state index < -0.39 is 0 Å². The van der Waals surface area contributed by atoms with Crippen LogP contribution in [-0.4, -0.2) is 65.3 Å². The Morgan fingerprint density at radius 3 is 2.13 bits per heavy atom. The highest BCUT2D eigenvalue weighted by Gasteiger charge is 2.14. The highest BCUT2D eigenvalue weighted by Crippen LogP contribution is 2.34. The molecule has 168 valence electrons. The fourth-order valence-electron chi connectivity index (χ4n) is 2.93. The summed E-state index contributed by atoms with van der Waals surface area (Å²) in [6.07, 6.45) is 0. The minimum atomic E-state index is -0.231. The second-order valence-corrected chi connectivity index (χ2v) is 6.75. The summed E-state index contributed by atoms with van der Waals surface area (Å²) in [7, 11) is 7.88. The quantitative estimate of drug-likeness (QED) is 0.561. The summed E-state index contributed by atoms with van der Waals surface area (Å²) < 4.78 is 21.1. The van der Waals surface area contributed by atoms with E-state index in [9.17, 15) is 9.59 Å². The van der Waals surface area contributed by atoms with E-state index in [4.69, 9.17) is 18.9 Å². The molecule has 0 unspecified atom stereocenters. The molecule has 0 saturated carbocycles. The fourth-order valence-corrected chi connectivity index (χ4v) is 2.93. The van der Waals surface area contributed by atoms with Crippen LogP contribution in [0, 0.1) is 0 Å². The topological polar surface area (TPSA) is 98.4 Å². The van der Waals surface area contributed by atoms with Gasteiger partial charge in [-0.25, -0.2) is 0 Å². The maximum absolute atomic E-state index is 12.3. The van der Waals surface area contributed by atoms with Crippen molar-refractivity contribution in [2.45, 2.75) is 6.54 Å². The zero-order chi connectivity index (χ0) is 22.8. The van der Waals surface area contributed by atoms with Gasteiger partial charge in [-0.1, -0.05) is 6.07 Å². The predicted octanol–water partition coefficient (Wildman–Crippen LogP) is 1.91. The van der Waals surface area contributed by atoms with Crippen molar-refractivity contribution in [1.29, 1.82) is 0 Å². The van der Waals surface area contributed by atoms with Gasteiger partial charge in [0.25, 0.3) is 0 Å². The number of amides is 2. The zero-order valence-corrected chi connectivity index (χ0v) is 18.5. The number of hydrogen-bond donors (Lipinski definition) is 2. The van der Waals surface area contributed by atoms with E-state index in [-0.39, 0.29) is 31.4 Å². The molecule has 2 rings (SSSR count). The van der Waals surface area contributed by atoms with E-state index in [1.165, 1.54) is 7.11 Å². The zero-order valence-electron chi connectivity index (χ0n) is 18.5. The molecule has 9 nitrogen and oxygen atoms in total. The van der Waals surface area contributed by atoms with Gasteiger partial charge in [0.15, 0.2) is 11.5 Å². The lowest BCUT2D eigenvalue weighted by atomic mass is 10.1. The molecule has 2 amide bonds. The van der Waals surface area contributed by atoms with E-state index >= 15 is 0 Å². The van der Waals surface area contributed by atoms with Crippen LogP contribution in [0.5, 0.6) is 23.0 Å². The Labute approximate surface area is 182 Å². The van der Waals surface area contributed by atoms with Crippen molar-refractivity contribution in [2.75, 3.05) is 53.9 Å². The fraction of sp³-hybridized carbons (Fsp3) is 0.364. The number of nitrogens with one attached hydrogen (secondary N) is 2. The molecule has 0 aliphatic heterocycles. The van der Waals surface area contributed by atoms with Crippen LogP contribution in [0.3, 0.4) is 0 Å². The van der Waals surface area contributed by atoms with E-state index in [1.807, 2.05) is 0 Å². The average molecular weight is 431 g/mol. The van der Waals surface area contributed by atoms with Crippen molar-refractivity contribution in [1.82, 2.24) is 10.2 Å². The number of carbonyl (C=O) groups is 2. The van der Waals surface area contributed by atoms with Crippen molar-refractivity contribution in [3.05, 3.63) is 42.0 Å². The second-order valence-electron chi connectivity index (χ2n) is 6.75. The Morgan fingerprint density at radius 1 is 0.839 bits per heavy atom. The van der Waals surface area contributed by atoms with E-state index in [1.54, 1.807) is 69.7 Å². The van der Waals surface area contributed by atoms with Gasteiger partial charge in [0.2, 0.25) is 11.8 Å². The van der Waals surface area contributed by atoms with E-state index in [2.05, 4.69) is 10.6 Å². The highest BCUT2D eigenvalue weighted by molar-refractivity contribution is 5.92. The Kier molecular flexibility index (Phi) is 8.95. The summed E-state index contributed by atoms with van der Waals surface area (Å²) in [6, 6.07) is 10.5. The molecule has 0 aliphatic carbocycles. The molecule has 2 aromatic rings. The number of rotatable bonds is 11. The van der Waals surface area contributed by atoms with Crippen LogP contribution < -0.4 is 29.6 Å². The van der Waals surface area contributed by atoms with Gasteiger partial charge in [-0.05, 0) is 25.2 Å². The maximum atomic E-state index is 12.3. The number of nitrogens with zero attached hydrogens (tertiary/aromatic N) is 1. The second kappa shape index (κ2) is 11.7. The Bertz CT molecular complexity index is 903. The maximum Gasteiger partial charge on any atom is 0.238 e. The molecule has 0 atom stereocenters. The van der Waals surface area contributed by atoms with E-state index in [0.29, 0.717) is 28.7 Å². The number of carbonyl (C=O) groups excluding carboxylic acids is 2. The number of methoxy groups -OCH3 is 4. The lowest BCUT2D eigenvalue weighted by molar-refractivity contribution is -0.123. The summed E-state index contributed by atoms with van der Waals surface area (Å²) in [4.78, 5) is 26.2. The van der Waals surface area contributed by atoms with Crippen molar-refractivity contribution in [3.63, 3.8) is 0 Å². The first-order chi connectivity index (χ1) is 14.9. The molecule has 2 N–H and O–H groups in total. The molecule has 0 saturated heterocycles. The third kappa shape index (κ3) is 7.07. The number of ether oxygens (including phenoxy) is 4. The molecule has 2 aromatic carbocycles. The standard InChI is InChI=1S/C22H29N3O6/c1-25(14-22(27)24-16-7-6-8-17(10-16)28-2)13-21(26)23-12-15-9-19(30-4)20(31-5)11-18(15)29-3/h6-11H,12-14H2,1-5H3,(H,23,26)(H,24,27). The highest BCUT2D eigenvalue weighted by atomic mass is 16.5. The van der Waals surface area contributed by atoms with Crippen LogP contribution in [0.4, 0.5) is 5.69 Å². The molecule has 0 aromatic heterocycles. The smallest absolute Gasteiger partial charge is 0.238 e. The van der Waals surface area contributed by atoms with Gasteiger partial charge in [-0.15, -0.1) is 0 Å². The molecule has 9 heteroatoms. The molecular formula is C22H29N3O6. The van der Waals surface area contributed by atoms with Crippen LogP contribution in [0.2, 0.25) is 0 Å². The van der Waals surface area contributed by atoms with E-state index in [0.717, 1.165) is 5.56 Å². The van der Waals surface area contributed by atoms with Crippen LogP contribution in [0.25, 0.3) is 0 Å². The predicted molar refractivity (Wildman–Crippen MR) is 117 cm³/mol. The summed E-state index contributed by atoms with van der Waals surface area (Å²) >= 11 is 0. The number of benzene rings is 2. The van der Waals surface area contributed by atoms with Crippen LogP contribution >= 0.6 is 0 Å². The summed E-state index contributed by atoms with van der Waals surface area (Å²) in [5.41, 5.74) is 1.37. The van der Waals surface area contributed by atoms with Crippen LogP contribution in [-0.2, 0) is 16.1 Å². The minimum absolute atomic E-state index is 0.0567. The van der Waals surface area contributed by atoms with Crippen molar-refractivity contribution in [3.8, 4) is 23.0 Å². The molecule has 0 bridgehead atoms. The van der Waals surface area contributed by atoms with Gasteiger partial charge in [0.1, 0.15) is 11.5 Å². The third-order valence-electron chi connectivity index (χ3n) is 4.44. The Hall–Kier alpha value is -3.46. The minimum Gasteiger partial charge on any atom is -0.497 e. The van der Waals surface area contributed by atoms with Gasteiger partial charge in [-0.3, -0.25) is 14.5 Å². The molecule has 31 heavy (non-hydrogen) atoms. The third-order valence-corrected chi connectivity index (χ3v) is 4.44. The van der Waals surface area contributed by atoms with Crippen molar-refractivity contribution >= 4 is 17.5 Å². The van der Waals surface area contributed by atoms with Crippen molar-refractivity contribution in [2.24, 2.45) is 0 Å². The number of anilines is 1. The lowest BCUT2D eigenvalue weighted by Gasteiger charge is -2.17. The number of hydrogen-bond acceptors (Lipinski definition) is 7. The van der Waals surface area contributed by atoms with Gasteiger partial charge in [0, 0.05) is 29.9 Å². The van der Waals surface area contributed by atoms with Crippen LogP contribution in [0.1, 0.15) is 5.56 Å². The Balaban J connectivity index is 1.87. The molecule has 0 heterocycles. The molecular weight excluding hydrogens is 402 g/mol. The SMILES string of the molecule is COc1cccc(NC(=O)CN(C)CC(=O)NCc2cc(OC)c(OC)cc2OC)c1. The van der Waals surface area contributed by atoms with Gasteiger partial charge in [-0.2, -0.15) is 0 Å². The molecule has 0 fully saturated rings. The number of likely N-dealkylation sites (N-methyl/N-ethyl adjacent to an activating group) is 1. The normalized spacial score (nSPS) is 10.4. The molecule has 0 aliphatic rings.